The zero-order valence-electron chi connectivity index (χ0n) is 10.1. The lowest BCUT2D eigenvalue weighted by atomic mass is 10.0. The Morgan fingerprint density at radius 2 is 2.11 bits per heavy atom. The van der Waals surface area contributed by atoms with Gasteiger partial charge in [0, 0.05) is 6.42 Å². The Morgan fingerprint density at radius 1 is 1.28 bits per heavy atom. The van der Waals surface area contributed by atoms with Crippen molar-refractivity contribution in [2.45, 2.75) is 19.4 Å². The van der Waals surface area contributed by atoms with E-state index in [1.54, 1.807) is 6.26 Å². The molecule has 0 aliphatic carbocycles. The normalized spacial score (nSPS) is 17.8. The van der Waals surface area contributed by atoms with Crippen molar-refractivity contribution >= 4 is 17.3 Å². The number of anilines is 2. The minimum atomic E-state index is -0.253. The molecule has 1 atom stereocenters. The average molecular weight is 242 g/mol. The smallest absolute Gasteiger partial charge is 0.247 e. The molecular formula is C14H14N2O2. The molecule has 2 N–H and O–H groups in total. The SMILES string of the molecule is Cc1cccc(CC2Nc3cocc3NC2=O)c1. The van der Waals surface area contributed by atoms with Crippen LogP contribution in [0.4, 0.5) is 11.4 Å². The summed E-state index contributed by atoms with van der Waals surface area (Å²) in [6.07, 6.45) is 3.80. The molecule has 4 nitrogen and oxygen atoms in total. The maximum absolute atomic E-state index is 11.9. The number of carbonyl (C=O) groups is 1. The number of furan rings is 1. The van der Waals surface area contributed by atoms with Crippen LogP contribution in [0.25, 0.3) is 0 Å². The Bertz CT molecular complexity index is 589. The molecule has 0 fully saturated rings. The van der Waals surface area contributed by atoms with Crippen molar-refractivity contribution in [3.8, 4) is 0 Å². The number of amides is 1. The number of hydrogen-bond donors (Lipinski definition) is 2. The first kappa shape index (κ1) is 10.9. The maximum atomic E-state index is 11.9. The van der Waals surface area contributed by atoms with E-state index >= 15 is 0 Å². The first-order valence-electron chi connectivity index (χ1n) is 5.91. The van der Waals surface area contributed by atoms with Gasteiger partial charge in [-0.3, -0.25) is 4.79 Å². The first-order valence-corrected chi connectivity index (χ1v) is 5.91. The van der Waals surface area contributed by atoms with Crippen molar-refractivity contribution in [1.82, 2.24) is 0 Å². The van der Waals surface area contributed by atoms with E-state index in [0.717, 1.165) is 11.3 Å². The Labute approximate surface area is 105 Å². The monoisotopic (exact) mass is 242 g/mol. The molecule has 0 saturated heterocycles. The molecule has 0 bridgehead atoms. The van der Waals surface area contributed by atoms with Crippen molar-refractivity contribution in [3.05, 3.63) is 47.9 Å². The quantitative estimate of drug-likeness (QED) is 0.851. The van der Waals surface area contributed by atoms with Gasteiger partial charge in [0.1, 0.15) is 24.3 Å². The summed E-state index contributed by atoms with van der Waals surface area (Å²) in [5.41, 5.74) is 3.90. The van der Waals surface area contributed by atoms with Crippen molar-refractivity contribution in [3.63, 3.8) is 0 Å². The molecular weight excluding hydrogens is 228 g/mol. The van der Waals surface area contributed by atoms with Crippen LogP contribution < -0.4 is 10.6 Å². The van der Waals surface area contributed by atoms with Crippen LogP contribution >= 0.6 is 0 Å². The summed E-state index contributed by atoms with van der Waals surface area (Å²) in [7, 11) is 0. The van der Waals surface area contributed by atoms with Crippen LogP contribution in [0.15, 0.2) is 41.2 Å². The molecule has 0 saturated carbocycles. The molecule has 3 rings (SSSR count). The molecule has 92 valence electrons. The number of hydrogen-bond acceptors (Lipinski definition) is 3. The van der Waals surface area contributed by atoms with E-state index < -0.39 is 0 Å². The fraction of sp³-hybridized carbons (Fsp3) is 0.214. The van der Waals surface area contributed by atoms with Gasteiger partial charge in [-0.15, -0.1) is 0 Å². The summed E-state index contributed by atoms with van der Waals surface area (Å²) < 4.78 is 5.06. The zero-order chi connectivity index (χ0) is 12.5. The molecule has 1 aliphatic rings. The van der Waals surface area contributed by atoms with Crippen LogP contribution in [0, 0.1) is 6.92 Å². The van der Waals surface area contributed by atoms with E-state index in [-0.39, 0.29) is 11.9 Å². The van der Waals surface area contributed by atoms with Gasteiger partial charge in [-0.25, -0.2) is 0 Å². The Kier molecular flexibility index (Phi) is 2.55. The molecule has 1 aromatic carbocycles. The van der Waals surface area contributed by atoms with E-state index in [2.05, 4.69) is 16.7 Å². The second-order valence-corrected chi connectivity index (χ2v) is 4.58. The molecule has 1 unspecified atom stereocenters. The van der Waals surface area contributed by atoms with Crippen LogP contribution in [-0.2, 0) is 11.2 Å². The van der Waals surface area contributed by atoms with Crippen LogP contribution in [0.5, 0.6) is 0 Å². The fourth-order valence-corrected chi connectivity index (χ4v) is 2.20. The molecule has 1 aromatic heterocycles. The van der Waals surface area contributed by atoms with E-state index in [1.165, 1.54) is 11.8 Å². The van der Waals surface area contributed by atoms with Crippen LogP contribution in [0.2, 0.25) is 0 Å². The molecule has 0 radical (unpaired) electrons. The number of benzene rings is 1. The van der Waals surface area contributed by atoms with Gasteiger partial charge in [-0.05, 0) is 12.5 Å². The predicted octanol–water partition coefficient (Wildman–Crippen LogP) is 2.56. The molecule has 4 heteroatoms. The van der Waals surface area contributed by atoms with Crippen molar-refractivity contribution in [1.29, 1.82) is 0 Å². The van der Waals surface area contributed by atoms with Gasteiger partial charge < -0.3 is 15.1 Å². The number of carbonyl (C=O) groups excluding carboxylic acids is 1. The van der Waals surface area contributed by atoms with Crippen LogP contribution in [-0.4, -0.2) is 11.9 Å². The summed E-state index contributed by atoms with van der Waals surface area (Å²) in [4.78, 5) is 11.9. The van der Waals surface area contributed by atoms with Gasteiger partial charge in [-0.2, -0.15) is 0 Å². The first-order chi connectivity index (χ1) is 8.72. The number of fused-ring (bicyclic) bond motifs is 1. The molecule has 1 amide bonds. The van der Waals surface area contributed by atoms with E-state index in [9.17, 15) is 4.79 Å². The molecule has 1 aliphatic heterocycles. The maximum Gasteiger partial charge on any atom is 0.247 e. The summed E-state index contributed by atoms with van der Waals surface area (Å²) in [6.45, 7) is 2.05. The highest BCUT2D eigenvalue weighted by Crippen LogP contribution is 2.28. The lowest BCUT2D eigenvalue weighted by Gasteiger charge is -2.24. The highest BCUT2D eigenvalue weighted by atomic mass is 16.3. The lowest BCUT2D eigenvalue weighted by Crippen LogP contribution is -2.39. The summed E-state index contributed by atoms with van der Waals surface area (Å²) >= 11 is 0. The van der Waals surface area contributed by atoms with Gasteiger partial charge in [-0.1, -0.05) is 29.8 Å². The van der Waals surface area contributed by atoms with Gasteiger partial charge in [0.2, 0.25) is 5.91 Å². The van der Waals surface area contributed by atoms with Crippen LogP contribution in [0.3, 0.4) is 0 Å². The van der Waals surface area contributed by atoms with Crippen molar-refractivity contribution in [2.75, 3.05) is 10.6 Å². The molecule has 2 aromatic rings. The minimum Gasteiger partial charge on any atom is -0.468 e. The minimum absolute atomic E-state index is 0.0228. The largest absolute Gasteiger partial charge is 0.468 e. The lowest BCUT2D eigenvalue weighted by molar-refractivity contribution is -0.117. The highest BCUT2D eigenvalue weighted by molar-refractivity contribution is 6.02. The Balaban J connectivity index is 1.80. The zero-order valence-corrected chi connectivity index (χ0v) is 10.1. The summed E-state index contributed by atoms with van der Waals surface area (Å²) in [5.74, 6) is -0.0228. The van der Waals surface area contributed by atoms with Crippen LogP contribution in [0.1, 0.15) is 11.1 Å². The summed E-state index contributed by atoms with van der Waals surface area (Å²) in [5, 5.41) is 6.02. The number of rotatable bonds is 2. The third kappa shape index (κ3) is 1.97. The topological polar surface area (TPSA) is 54.3 Å². The van der Waals surface area contributed by atoms with Gasteiger partial charge in [0.15, 0.2) is 0 Å². The van der Waals surface area contributed by atoms with Crippen molar-refractivity contribution < 1.29 is 9.21 Å². The number of aryl methyl sites for hydroxylation is 1. The third-order valence-electron chi connectivity index (χ3n) is 3.09. The van der Waals surface area contributed by atoms with E-state index in [0.29, 0.717) is 12.1 Å². The second-order valence-electron chi connectivity index (χ2n) is 4.58. The summed E-state index contributed by atoms with van der Waals surface area (Å²) in [6, 6.07) is 7.94. The van der Waals surface area contributed by atoms with Gasteiger partial charge >= 0.3 is 0 Å². The Hall–Kier alpha value is -2.23. The van der Waals surface area contributed by atoms with Gasteiger partial charge in [0.25, 0.3) is 0 Å². The number of nitrogens with one attached hydrogen (secondary N) is 2. The standard InChI is InChI=1S/C14H14N2O2/c1-9-3-2-4-10(5-9)6-11-14(17)16-13-8-18-7-12(13)15-11/h2-5,7-8,11,15H,6H2,1H3,(H,16,17). The molecule has 2 heterocycles. The molecule has 0 spiro atoms. The highest BCUT2D eigenvalue weighted by Gasteiger charge is 2.26. The fourth-order valence-electron chi connectivity index (χ4n) is 2.20. The van der Waals surface area contributed by atoms with E-state index in [1.807, 2.05) is 25.1 Å². The van der Waals surface area contributed by atoms with E-state index in [4.69, 9.17) is 4.42 Å². The Morgan fingerprint density at radius 3 is 2.94 bits per heavy atom. The predicted molar refractivity (Wildman–Crippen MR) is 69.6 cm³/mol. The third-order valence-corrected chi connectivity index (χ3v) is 3.09. The second kappa shape index (κ2) is 4.22. The average Bonchev–Trinajstić information content (AvgIpc) is 2.76. The molecule has 18 heavy (non-hydrogen) atoms. The van der Waals surface area contributed by atoms with Gasteiger partial charge in [0.05, 0.1) is 5.69 Å². The van der Waals surface area contributed by atoms with Crippen molar-refractivity contribution in [2.24, 2.45) is 0 Å².